The molecule has 0 unspecified atom stereocenters. The van der Waals surface area contributed by atoms with Crippen LogP contribution in [0.2, 0.25) is 0 Å². The van der Waals surface area contributed by atoms with Crippen LogP contribution in [0.4, 0.5) is 4.39 Å². The Morgan fingerprint density at radius 2 is 1.88 bits per heavy atom. The Morgan fingerprint density at radius 3 is 2.54 bits per heavy atom. The van der Waals surface area contributed by atoms with Gasteiger partial charge in [0.1, 0.15) is 17.0 Å². The molecule has 0 bridgehead atoms. The van der Waals surface area contributed by atoms with Crippen molar-refractivity contribution in [3.8, 4) is 5.69 Å². The molecule has 5 heteroatoms. The number of hydrogen-bond acceptors (Lipinski definition) is 3. The van der Waals surface area contributed by atoms with Gasteiger partial charge in [-0.1, -0.05) is 30.7 Å². The van der Waals surface area contributed by atoms with E-state index in [1.54, 1.807) is 12.1 Å². The maximum absolute atomic E-state index is 14.2. The van der Waals surface area contributed by atoms with Crippen molar-refractivity contribution in [2.75, 3.05) is 0 Å². The third-order valence-corrected chi connectivity index (χ3v) is 4.84. The topological polar surface area (TPSA) is 60.9 Å². The zero-order valence-corrected chi connectivity index (χ0v) is 13.2. The highest BCUT2D eigenvalue weighted by atomic mass is 19.1. The number of fused-ring (bicyclic) bond motifs is 1. The van der Waals surface area contributed by atoms with Gasteiger partial charge in [0.25, 0.3) is 5.56 Å². The van der Waals surface area contributed by atoms with Gasteiger partial charge < -0.3 is 5.73 Å². The minimum absolute atomic E-state index is 0.00547. The monoisotopic (exact) mass is 323 g/mol. The molecule has 0 saturated heterocycles. The average molecular weight is 323 g/mol. The summed E-state index contributed by atoms with van der Waals surface area (Å²) in [6.45, 7) is 0. The Bertz CT molecular complexity index is 948. The Labute approximate surface area is 138 Å². The number of nitrogens with zero attached hydrogens (tertiary/aromatic N) is 2. The first kappa shape index (κ1) is 15.0. The summed E-state index contributed by atoms with van der Waals surface area (Å²) in [5.74, 6) is 0.269. The standard InChI is InChI=1S/C19H18FN3O/c20-14-10-5-11-15-16(14)19(24)23(13-8-2-1-3-9-13)18(22-15)17(21)12-6-4-7-12/h1-3,5,8-12,17H,4,6-7,21H2/t17-/m0/s1. The van der Waals surface area contributed by atoms with Crippen molar-refractivity contribution >= 4 is 10.9 Å². The van der Waals surface area contributed by atoms with Crippen molar-refractivity contribution in [1.29, 1.82) is 0 Å². The number of rotatable bonds is 3. The SMILES string of the molecule is N[C@H](c1nc2cccc(F)c2c(=O)n1-c1ccccc1)C1CCC1. The second kappa shape index (κ2) is 5.83. The van der Waals surface area contributed by atoms with Gasteiger partial charge in [0.15, 0.2) is 0 Å². The highest BCUT2D eigenvalue weighted by Gasteiger charge is 2.30. The predicted molar refractivity (Wildman–Crippen MR) is 91.6 cm³/mol. The maximum atomic E-state index is 14.2. The number of benzene rings is 2. The summed E-state index contributed by atoms with van der Waals surface area (Å²) in [5.41, 5.74) is 7.03. The average Bonchev–Trinajstić information content (AvgIpc) is 2.53. The number of para-hydroxylation sites is 1. The molecular formula is C19H18FN3O. The summed E-state index contributed by atoms with van der Waals surface area (Å²) in [6, 6.07) is 13.3. The molecule has 0 spiro atoms. The van der Waals surface area contributed by atoms with E-state index in [0.717, 1.165) is 19.3 Å². The first-order valence-electron chi connectivity index (χ1n) is 8.19. The molecule has 1 aromatic heterocycles. The quantitative estimate of drug-likeness (QED) is 0.804. The molecule has 2 N–H and O–H groups in total. The second-order valence-corrected chi connectivity index (χ2v) is 6.30. The van der Waals surface area contributed by atoms with E-state index >= 15 is 0 Å². The van der Waals surface area contributed by atoms with Crippen molar-refractivity contribution in [2.24, 2.45) is 11.7 Å². The van der Waals surface area contributed by atoms with E-state index in [9.17, 15) is 9.18 Å². The molecule has 4 rings (SSSR count). The largest absolute Gasteiger partial charge is 0.321 e. The normalized spacial score (nSPS) is 16.1. The van der Waals surface area contributed by atoms with Crippen LogP contribution in [-0.4, -0.2) is 9.55 Å². The van der Waals surface area contributed by atoms with Gasteiger partial charge in [-0.2, -0.15) is 0 Å². The van der Waals surface area contributed by atoms with Crippen LogP contribution in [0.3, 0.4) is 0 Å². The summed E-state index contributed by atoms with van der Waals surface area (Å²) in [6.07, 6.45) is 3.22. The summed E-state index contributed by atoms with van der Waals surface area (Å²) in [5, 5.41) is 0.00547. The summed E-state index contributed by atoms with van der Waals surface area (Å²) in [7, 11) is 0. The molecule has 0 radical (unpaired) electrons. The van der Waals surface area contributed by atoms with Crippen LogP contribution < -0.4 is 11.3 Å². The van der Waals surface area contributed by atoms with E-state index in [0.29, 0.717) is 22.9 Å². The van der Waals surface area contributed by atoms with Gasteiger partial charge in [0.2, 0.25) is 0 Å². The lowest BCUT2D eigenvalue weighted by Gasteiger charge is -2.32. The van der Waals surface area contributed by atoms with E-state index in [1.807, 2.05) is 30.3 Å². The molecule has 2 aromatic carbocycles. The minimum atomic E-state index is -0.557. The molecule has 1 atom stereocenters. The molecule has 122 valence electrons. The first-order valence-corrected chi connectivity index (χ1v) is 8.19. The Balaban J connectivity index is 2.04. The maximum Gasteiger partial charge on any atom is 0.269 e. The lowest BCUT2D eigenvalue weighted by atomic mass is 9.79. The van der Waals surface area contributed by atoms with Gasteiger partial charge in [-0.25, -0.2) is 9.37 Å². The first-order chi connectivity index (χ1) is 11.7. The second-order valence-electron chi connectivity index (χ2n) is 6.30. The highest BCUT2D eigenvalue weighted by Crippen LogP contribution is 2.36. The highest BCUT2D eigenvalue weighted by molar-refractivity contribution is 5.78. The van der Waals surface area contributed by atoms with Crippen molar-refractivity contribution in [1.82, 2.24) is 9.55 Å². The zero-order valence-electron chi connectivity index (χ0n) is 13.2. The van der Waals surface area contributed by atoms with E-state index in [-0.39, 0.29) is 11.4 Å². The smallest absolute Gasteiger partial charge is 0.269 e. The number of nitrogens with two attached hydrogens (primary N) is 1. The fourth-order valence-electron chi connectivity index (χ4n) is 3.27. The molecule has 1 heterocycles. The summed E-state index contributed by atoms with van der Waals surface area (Å²) >= 11 is 0. The number of hydrogen-bond donors (Lipinski definition) is 1. The van der Waals surface area contributed by atoms with Crippen molar-refractivity contribution in [3.63, 3.8) is 0 Å². The molecule has 4 nitrogen and oxygen atoms in total. The van der Waals surface area contributed by atoms with Gasteiger partial charge in [0.05, 0.1) is 17.2 Å². The van der Waals surface area contributed by atoms with Crippen LogP contribution in [0.1, 0.15) is 31.1 Å². The van der Waals surface area contributed by atoms with Crippen molar-refractivity contribution in [3.05, 3.63) is 70.5 Å². The van der Waals surface area contributed by atoms with E-state index in [4.69, 9.17) is 5.73 Å². The third-order valence-electron chi connectivity index (χ3n) is 4.84. The third kappa shape index (κ3) is 2.32. The molecule has 24 heavy (non-hydrogen) atoms. The molecule has 0 aliphatic heterocycles. The van der Waals surface area contributed by atoms with Crippen LogP contribution in [0.15, 0.2) is 53.3 Å². The van der Waals surface area contributed by atoms with E-state index in [1.165, 1.54) is 10.6 Å². The minimum Gasteiger partial charge on any atom is -0.321 e. The van der Waals surface area contributed by atoms with E-state index in [2.05, 4.69) is 4.98 Å². The van der Waals surface area contributed by atoms with Gasteiger partial charge in [0, 0.05) is 0 Å². The molecule has 1 fully saturated rings. The van der Waals surface area contributed by atoms with E-state index < -0.39 is 11.4 Å². The molecular weight excluding hydrogens is 305 g/mol. The van der Waals surface area contributed by atoms with Crippen LogP contribution in [-0.2, 0) is 0 Å². The van der Waals surface area contributed by atoms with Crippen LogP contribution in [0.25, 0.3) is 16.6 Å². The van der Waals surface area contributed by atoms with Crippen molar-refractivity contribution < 1.29 is 4.39 Å². The van der Waals surface area contributed by atoms with Crippen molar-refractivity contribution in [2.45, 2.75) is 25.3 Å². The van der Waals surface area contributed by atoms with Gasteiger partial charge in [-0.05, 0) is 43.0 Å². The summed E-state index contributed by atoms with van der Waals surface area (Å²) in [4.78, 5) is 17.6. The van der Waals surface area contributed by atoms with Gasteiger partial charge in [-0.15, -0.1) is 0 Å². The zero-order chi connectivity index (χ0) is 16.7. The molecule has 3 aromatic rings. The van der Waals surface area contributed by atoms with Crippen LogP contribution >= 0.6 is 0 Å². The summed E-state index contributed by atoms with van der Waals surface area (Å²) < 4.78 is 15.7. The molecule has 0 amide bonds. The van der Waals surface area contributed by atoms with Gasteiger partial charge >= 0.3 is 0 Å². The van der Waals surface area contributed by atoms with Gasteiger partial charge in [-0.3, -0.25) is 9.36 Å². The predicted octanol–water partition coefficient (Wildman–Crippen LogP) is 3.32. The van der Waals surface area contributed by atoms with Crippen LogP contribution in [0.5, 0.6) is 0 Å². The lowest BCUT2D eigenvalue weighted by molar-refractivity contribution is 0.255. The Kier molecular flexibility index (Phi) is 3.65. The van der Waals surface area contributed by atoms with Crippen LogP contribution in [0, 0.1) is 11.7 Å². The Morgan fingerprint density at radius 1 is 1.12 bits per heavy atom. The Hall–Kier alpha value is -2.53. The number of halogens is 1. The fraction of sp³-hybridized carbons (Fsp3) is 0.263. The molecule has 1 aliphatic rings. The fourth-order valence-corrected chi connectivity index (χ4v) is 3.27. The number of aromatic nitrogens is 2. The lowest BCUT2D eigenvalue weighted by Crippen LogP contribution is -2.34. The molecule has 1 saturated carbocycles. The molecule has 1 aliphatic carbocycles.